The van der Waals surface area contributed by atoms with Gasteiger partial charge in [-0.3, -0.25) is 4.79 Å². The first kappa shape index (κ1) is 15.1. The third-order valence-corrected chi connectivity index (χ3v) is 3.71. The molecule has 0 atom stereocenters. The summed E-state index contributed by atoms with van der Waals surface area (Å²) in [4.78, 5) is 11.8. The van der Waals surface area contributed by atoms with Crippen molar-refractivity contribution in [2.24, 2.45) is 0 Å². The molecule has 1 N–H and O–H groups in total. The summed E-state index contributed by atoms with van der Waals surface area (Å²) in [5, 5.41) is 5.37. The Morgan fingerprint density at radius 2 is 1.61 bits per heavy atom. The molecule has 3 rings (SSSR count). The summed E-state index contributed by atoms with van der Waals surface area (Å²) in [6.45, 7) is 0.643. The smallest absolute Gasteiger partial charge is 0.257 e. The predicted molar refractivity (Wildman–Crippen MR) is 92.6 cm³/mol. The van der Waals surface area contributed by atoms with E-state index in [2.05, 4.69) is 35.6 Å². The standard InChI is InChI=1S/C20H19NO2/c22-20(15-23-18-10-2-1-3-11-18)21-14-13-17-9-6-8-16-7-4-5-12-19(16)17/h1-12H,13-15H2,(H,21,22). The molecule has 1 amide bonds. The van der Waals surface area contributed by atoms with Crippen molar-refractivity contribution in [2.45, 2.75) is 6.42 Å². The molecule has 3 heteroatoms. The normalized spacial score (nSPS) is 10.4. The molecule has 3 aromatic rings. The zero-order valence-electron chi connectivity index (χ0n) is 12.9. The molecular weight excluding hydrogens is 286 g/mol. The van der Waals surface area contributed by atoms with Crippen LogP contribution < -0.4 is 10.1 Å². The Morgan fingerprint density at radius 1 is 0.870 bits per heavy atom. The highest BCUT2D eigenvalue weighted by Crippen LogP contribution is 2.18. The van der Waals surface area contributed by atoms with Crippen LogP contribution in [0.2, 0.25) is 0 Å². The number of carbonyl (C=O) groups is 1. The first-order valence-corrected chi connectivity index (χ1v) is 7.74. The molecule has 23 heavy (non-hydrogen) atoms. The highest BCUT2D eigenvalue weighted by atomic mass is 16.5. The van der Waals surface area contributed by atoms with E-state index >= 15 is 0 Å². The van der Waals surface area contributed by atoms with Crippen LogP contribution >= 0.6 is 0 Å². The number of ether oxygens (including phenoxy) is 1. The number of para-hydroxylation sites is 1. The number of amides is 1. The van der Waals surface area contributed by atoms with Gasteiger partial charge in [0.25, 0.3) is 5.91 Å². The summed E-state index contributed by atoms with van der Waals surface area (Å²) < 4.78 is 5.43. The lowest BCUT2D eigenvalue weighted by Crippen LogP contribution is -2.30. The molecule has 0 aliphatic heterocycles. The Bertz CT molecular complexity index is 779. The van der Waals surface area contributed by atoms with Gasteiger partial charge in [-0.2, -0.15) is 0 Å². The average molecular weight is 305 g/mol. The lowest BCUT2D eigenvalue weighted by molar-refractivity contribution is -0.123. The number of benzene rings is 3. The van der Waals surface area contributed by atoms with Gasteiger partial charge in [-0.15, -0.1) is 0 Å². The SMILES string of the molecule is O=C(COc1ccccc1)NCCc1cccc2ccccc12. The molecule has 3 aromatic carbocycles. The highest BCUT2D eigenvalue weighted by Gasteiger charge is 2.04. The minimum absolute atomic E-state index is 0.0412. The summed E-state index contributed by atoms with van der Waals surface area (Å²) >= 11 is 0. The lowest BCUT2D eigenvalue weighted by atomic mass is 10.0. The average Bonchev–Trinajstić information content (AvgIpc) is 2.61. The molecule has 0 radical (unpaired) electrons. The number of fused-ring (bicyclic) bond motifs is 1. The Labute approximate surface area is 135 Å². The van der Waals surface area contributed by atoms with Crippen molar-refractivity contribution >= 4 is 16.7 Å². The first-order chi connectivity index (χ1) is 11.3. The molecule has 0 aliphatic rings. The maximum Gasteiger partial charge on any atom is 0.257 e. The number of nitrogens with one attached hydrogen (secondary N) is 1. The predicted octanol–water partition coefficient (Wildman–Crippen LogP) is 3.58. The van der Waals surface area contributed by atoms with Crippen LogP contribution in [0.25, 0.3) is 10.8 Å². The second-order valence-corrected chi connectivity index (χ2v) is 5.34. The molecule has 0 heterocycles. The van der Waals surface area contributed by atoms with Crippen molar-refractivity contribution in [2.75, 3.05) is 13.2 Å². The van der Waals surface area contributed by atoms with Crippen molar-refractivity contribution in [3.63, 3.8) is 0 Å². The molecule has 0 aromatic heterocycles. The van der Waals surface area contributed by atoms with Crippen molar-refractivity contribution in [3.8, 4) is 5.75 Å². The molecule has 3 nitrogen and oxygen atoms in total. The van der Waals surface area contributed by atoms with Gasteiger partial charge in [-0.1, -0.05) is 60.7 Å². The number of hydrogen-bond acceptors (Lipinski definition) is 2. The van der Waals surface area contributed by atoms with Gasteiger partial charge in [0.2, 0.25) is 0 Å². The Hall–Kier alpha value is -2.81. The van der Waals surface area contributed by atoms with E-state index in [9.17, 15) is 4.79 Å². The lowest BCUT2D eigenvalue weighted by Gasteiger charge is -2.09. The van der Waals surface area contributed by atoms with Crippen LogP contribution in [0.4, 0.5) is 0 Å². The van der Waals surface area contributed by atoms with E-state index in [0.717, 1.165) is 6.42 Å². The van der Waals surface area contributed by atoms with Gasteiger partial charge >= 0.3 is 0 Å². The Morgan fingerprint density at radius 3 is 2.48 bits per heavy atom. The minimum atomic E-state index is -0.103. The van der Waals surface area contributed by atoms with Crippen LogP contribution in [0, 0.1) is 0 Å². The summed E-state index contributed by atoms with van der Waals surface area (Å²) in [6.07, 6.45) is 0.804. The van der Waals surface area contributed by atoms with E-state index in [1.807, 2.05) is 42.5 Å². The van der Waals surface area contributed by atoms with Crippen LogP contribution in [0.5, 0.6) is 5.75 Å². The molecule has 0 fully saturated rings. The summed E-state index contributed by atoms with van der Waals surface area (Å²) in [6, 6.07) is 23.9. The topological polar surface area (TPSA) is 38.3 Å². The van der Waals surface area contributed by atoms with Crippen molar-refractivity contribution in [1.82, 2.24) is 5.32 Å². The van der Waals surface area contributed by atoms with E-state index in [1.54, 1.807) is 0 Å². The molecule has 0 aliphatic carbocycles. The quantitative estimate of drug-likeness (QED) is 0.756. The van der Waals surface area contributed by atoms with E-state index in [0.29, 0.717) is 12.3 Å². The molecule has 0 saturated heterocycles. The minimum Gasteiger partial charge on any atom is -0.484 e. The van der Waals surface area contributed by atoms with Gasteiger partial charge in [0.1, 0.15) is 5.75 Å². The van der Waals surface area contributed by atoms with Crippen LogP contribution in [-0.4, -0.2) is 19.1 Å². The van der Waals surface area contributed by atoms with Crippen LogP contribution in [0.1, 0.15) is 5.56 Å². The van der Waals surface area contributed by atoms with E-state index < -0.39 is 0 Å². The largest absolute Gasteiger partial charge is 0.484 e. The summed E-state index contributed by atoms with van der Waals surface area (Å²) in [5.74, 6) is 0.603. The number of hydrogen-bond donors (Lipinski definition) is 1. The maximum absolute atomic E-state index is 11.8. The van der Waals surface area contributed by atoms with Crippen molar-refractivity contribution < 1.29 is 9.53 Å². The first-order valence-electron chi connectivity index (χ1n) is 7.74. The molecule has 0 bridgehead atoms. The summed E-state index contributed by atoms with van der Waals surface area (Å²) in [7, 11) is 0. The second kappa shape index (κ2) is 7.45. The molecule has 0 spiro atoms. The monoisotopic (exact) mass is 305 g/mol. The van der Waals surface area contributed by atoms with Crippen molar-refractivity contribution in [1.29, 1.82) is 0 Å². The van der Waals surface area contributed by atoms with Gasteiger partial charge in [-0.25, -0.2) is 0 Å². The third-order valence-electron chi connectivity index (χ3n) is 3.71. The molecular formula is C20H19NO2. The van der Waals surface area contributed by atoms with Gasteiger partial charge in [0.05, 0.1) is 0 Å². The number of rotatable bonds is 6. The van der Waals surface area contributed by atoms with Gasteiger partial charge in [-0.05, 0) is 34.9 Å². The van der Waals surface area contributed by atoms with Gasteiger partial charge in [0, 0.05) is 6.54 Å². The fourth-order valence-electron chi connectivity index (χ4n) is 2.56. The fourth-order valence-corrected chi connectivity index (χ4v) is 2.56. The van der Waals surface area contributed by atoms with E-state index in [4.69, 9.17) is 4.74 Å². The molecule has 116 valence electrons. The van der Waals surface area contributed by atoms with Crippen LogP contribution in [-0.2, 0) is 11.2 Å². The Kier molecular flexibility index (Phi) is 4.89. The zero-order valence-corrected chi connectivity index (χ0v) is 12.9. The molecule has 0 saturated carbocycles. The third kappa shape index (κ3) is 4.10. The van der Waals surface area contributed by atoms with Gasteiger partial charge in [0.15, 0.2) is 6.61 Å². The van der Waals surface area contributed by atoms with E-state index in [-0.39, 0.29) is 12.5 Å². The van der Waals surface area contributed by atoms with Crippen molar-refractivity contribution in [3.05, 3.63) is 78.4 Å². The number of carbonyl (C=O) groups excluding carboxylic acids is 1. The second-order valence-electron chi connectivity index (χ2n) is 5.34. The Balaban J connectivity index is 1.50. The summed E-state index contributed by atoms with van der Waals surface area (Å²) in [5.41, 5.74) is 1.24. The van der Waals surface area contributed by atoms with E-state index in [1.165, 1.54) is 16.3 Å². The molecule has 0 unspecified atom stereocenters. The van der Waals surface area contributed by atoms with Crippen LogP contribution in [0.15, 0.2) is 72.8 Å². The van der Waals surface area contributed by atoms with Crippen LogP contribution in [0.3, 0.4) is 0 Å². The zero-order chi connectivity index (χ0) is 15.9. The maximum atomic E-state index is 11.8. The fraction of sp³-hybridized carbons (Fsp3) is 0.150. The highest BCUT2D eigenvalue weighted by molar-refractivity contribution is 5.85. The van der Waals surface area contributed by atoms with Gasteiger partial charge < -0.3 is 10.1 Å².